The molecule has 5 rings (SSSR count). The summed E-state index contributed by atoms with van der Waals surface area (Å²) in [6.45, 7) is 0.617. The first-order valence-electron chi connectivity index (χ1n) is 8.91. The predicted octanol–water partition coefficient (Wildman–Crippen LogP) is 4.40. The maximum Gasteiger partial charge on any atom is 0.249 e. The molecule has 0 unspecified atom stereocenters. The number of hydrogen-bond donors (Lipinski definition) is 1. The first kappa shape index (κ1) is 16.3. The van der Waals surface area contributed by atoms with Gasteiger partial charge in [-0.2, -0.15) is 0 Å². The van der Waals surface area contributed by atoms with Gasteiger partial charge in [-0.3, -0.25) is 9.78 Å². The fourth-order valence-electron chi connectivity index (χ4n) is 3.69. The maximum atomic E-state index is 12.1. The van der Waals surface area contributed by atoms with Gasteiger partial charge >= 0.3 is 0 Å². The van der Waals surface area contributed by atoms with E-state index >= 15 is 0 Å². The fraction of sp³-hybridized carbons (Fsp3) is 0.0435. The van der Waals surface area contributed by atoms with Gasteiger partial charge in [0.05, 0.1) is 17.3 Å². The largest absolute Gasteiger partial charge is 0.464 e. The van der Waals surface area contributed by atoms with E-state index in [4.69, 9.17) is 10.2 Å². The van der Waals surface area contributed by atoms with E-state index in [2.05, 4.69) is 21.7 Å². The van der Waals surface area contributed by atoms with Crippen LogP contribution >= 0.6 is 0 Å². The van der Waals surface area contributed by atoms with Crippen molar-refractivity contribution < 1.29 is 9.21 Å². The molecule has 0 saturated heterocycles. The molecular formula is C23H16N3O2. The van der Waals surface area contributed by atoms with Crippen LogP contribution < -0.4 is 5.73 Å². The summed E-state index contributed by atoms with van der Waals surface area (Å²) < 4.78 is 7.71. The number of hydrogen-bond acceptors (Lipinski definition) is 3. The van der Waals surface area contributed by atoms with E-state index in [-0.39, 0.29) is 0 Å². The van der Waals surface area contributed by atoms with Crippen LogP contribution in [0, 0.1) is 6.07 Å². The highest BCUT2D eigenvalue weighted by molar-refractivity contribution is 6.18. The lowest BCUT2D eigenvalue weighted by Gasteiger charge is -2.08. The van der Waals surface area contributed by atoms with Gasteiger partial charge in [-0.05, 0) is 54.1 Å². The number of nitrogens with two attached hydrogens (primary N) is 1. The Morgan fingerprint density at radius 3 is 2.82 bits per heavy atom. The van der Waals surface area contributed by atoms with Gasteiger partial charge in [0.2, 0.25) is 5.91 Å². The smallest absolute Gasteiger partial charge is 0.249 e. The molecule has 5 nitrogen and oxygen atoms in total. The molecule has 3 heterocycles. The van der Waals surface area contributed by atoms with Gasteiger partial charge in [0, 0.05) is 40.8 Å². The number of pyridine rings is 1. The van der Waals surface area contributed by atoms with Crippen molar-refractivity contribution in [3.8, 4) is 11.3 Å². The van der Waals surface area contributed by atoms with Crippen LogP contribution in [-0.2, 0) is 6.54 Å². The van der Waals surface area contributed by atoms with E-state index < -0.39 is 5.91 Å². The third-order valence-corrected chi connectivity index (χ3v) is 4.93. The summed E-state index contributed by atoms with van der Waals surface area (Å²) in [5, 5.41) is 1.68. The molecule has 2 aromatic carbocycles. The summed E-state index contributed by atoms with van der Waals surface area (Å²) in [5.74, 6) is 0.320. The molecule has 28 heavy (non-hydrogen) atoms. The normalized spacial score (nSPS) is 11.3. The minimum atomic E-state index is -0.450. The molecule has 1 amide bonds. The Balaban J connectivity index is 1.83. The second kappa shape index (κ2) is 6.39. The lowest BCUT2D eigenvalue weighted by Crippen LogP contribution is -2.11. The zero-order valence-electron chi connectivity index (χ0n) is 14.9. The third-order valence-electron chi connectivity index (χ3n) is 4.93. The topological polar surface area (TPSA) is 74.1 Å². The first-order chi connectivity index (χ1) is 13.7. The van der Waals surface area contributed by atoms with Gasteiger partial charge in [-0.25, -0.2) is 0 Å². The Morgan fingerprint density at radius 2 is 2.07 bits per heavy atom. The number of benzene rings is 2. The molecule has 3 aromatic heterocycles. The number of carbonyl (C=O) groups excluding carboxylic acids is 1. The molecule has 0 aliphatic heterocycles. The molecular weight excluding hydrogens is 350 g/mol. The molecule has 135 valence electrons. The molecule has 0 atom stereocenters. The Hall–Kier alpha value is -3.86. The summed E-state index contributed by atoms with van der Waals surface area (Å²) in [5.41, 5.74) is 10.0. The standard InChI is InChI=1S/C23H16N3O2/c24-23(27)18-5-1-6-19-22(18)17-9-8-16(21-7-3-11-28-21)12-20(17)26(19)14-15-4-2-10-25-13-15/h1-8,10-13H,14H2,(H2,24,27). The number of nitrogens with zero attached hydrogens (tertiary/aromatic N) is 2. The van der Waals surface area contributed by atoms with Gasteiger partial charge in [0.15, 0.2) is 0 Å². The zero-order chi connectivity index (χ0) is 19.1. The van der Waals surface area contributed by atoms with Gasteiger partial charge in [-0.15, -0.1) is 0 Å². The van der Waals surface area contributed by atoms with Gasteiger partial charge in [-0.1, -0.05) is 12.1 Å². The molecule has 0 spiro atoms. The van der Waals surface area contributed by atoms with Crippen LogP contribution in [0.5, 0.6) is 0 Å². The van der Waals surface area contributed by atoms with Crippen molar-refractivity contribution in [2.45, 2.75) is 6.54 Å². The van der Waals surface area contributed by atoms with E-state index in [9.17, 15) is 4.79 Å². The van der Waals surface area contributed by atoms with Crippen molar-refractivity contribution in [2.75, 3.05) is 0 Å². The maximum absolute atomic E-state index is 12.1. The minimum Gasteiger partial charge on any atom is -0.464 e. The van der Waals surface area contributed by atoms with Crippen molar-refractivity contribution in [1.29, 1.82) is 0 Å². The van der Waals surface area contributed by atoms with E-state index in [0.29, 0.717) is 12.1 Å². The highest BCUT2D eigenvalue weighted by Gasteiger charge is 2.17. The molecule has 0 fully saturated rings. The highest BCUT2D eigenvalue weighted by Crippen LogP contribution is 2.34. The van der Waals surface area contributed by atoms with E-state index in [1.807, 2.05) is 48.7 Å². The fourth-order valence-corrected chi connectivity index (χ4v) is 3.69. The highest BCUT2D eigenvalue weighted by atomic mass is 16.3. The first-order valence-corrected chi connectivity index (χ1v) is 8.91. The number of fused-ring (bicyclic) bond motifs is 3. The molecule has 5 aromatic rings. The zero-order valence-corrected chi connectivity index (χ0v) is 14.9. The van der Waals surface area contributed by atoms with Gasteiger partial charge in [0.1, 0.15) is 5.76 Å². The van der Waals surface area contributed by atoms with Gasteiger partial charge < -0.3 is 14.7 Å². The number of rotatable bonds is 4. The Morgan fingerprint density at radius 1 is 1.14 bits per heavy atom. The number of aromatic nitrogens is 2. The molecule has 0 bridgehead atoms. The van der Waals surface area contributed by atoms with Crippen molar-refractivity contribution >= 4 is 27.7 Å². The summed E-state index contributed by atoms with van der Waals surface area (Å²) in [6.07, 6.45) is 5.25. The van der Waals surface area contributed by atoms with Crippen molar-refractivity contribution in [2.24, 2.45) is 5.73 Å². The second-order valence-electron chi connectivity index (χ2n) is 6.64. The van der Waals surface area contributed by atoms with Crippen LogP contribution in [0.15, 0.2) is 77.7 Å². The second-order valence-corrected chi connectivity index (χ2v) is 6.64. The summed E-state index contributed by atoms with van der Waals surface area (Å²) in [7, 11) is 0. The average molecular weight is 366 g/mol. The van der Waals surface area contributed by atoms with Crippen molar-refractivity contribution in [3.05, 3.63) is 90.4 Å². The lowest BCUT2D eigenvalue weighted by molar-refractivity contribution is 0.100. The molecule has 0 aliphatic rings. The van der Waals surface area contributed by atoms with E-state index in [1.54, 1.807) is 18.5 Å². The molecule has 0 aliphatic carbocycles. The van der Waals surface area contributed by atoms with Crippen LogP contribution in [0.3, 0.4) is 0 Å². The summed E-state index contributed by atoms with van der Waals surface area (Å²) in [6, 6.07) is 20.6. The summed E-state index contributed by atoms with van der Waals surface area (Å²) in [4.78, 5) is 16.3. The number of carbonyl (C=O) groups is 1. The monoisotopic (exact) mass is 366 g/mol. The summed E-state index contributed by atoms with van der Waals surface area (Å²) >= 11 is 0. The number of amides is 1. The molecule has 0 saturated carbocycles. The van der Waals surface area contributed by atoms with Crippen LogP contribution in [0.1, 0.15) is 15.9 Å². The van der Waals surface area contributed by atoms with E-state index in [0.717, 1.165) is 38.7 Å². The van der Waals surface area contributed by atoms with Crippen LogP contribution in [0.4, 0.5) is 0 Å². The quantitative estimate of drug-likeness (QED) is 0.512. The molecule has 1 radical (unpaired) electrons. The van der Waals surface area contributed by atoms with Crippen molar-refractivity contribution in [3.63, 3.8) is 0 Å². The number of primary amides is 1. The Bertz CT molecular complexity index is 1300. The van der Waals surface area contributed by atoms with Crippen LogP contribution in [0.2, 0.25) is 0 Å². The molecule has 2 N–H and O–H groups in total. The van der Waals surface area contributed by atoms with Gasteiger partial charge in [0.25, 0.3) is 0 Å². The van der Waals surface area contributed by atoms with Crippen LogP contribution in [0.25, 0.3) is 33.1 Å². The number of furan rings is 1. The molecule has 5 heteroatoms. The predicted molar refractivity (Wildman–Crippen MR) is 108 cm³/mol. The average Bonchev–Trinajstić information content (AvgIpc) is 3.36. The van der Waals surface area contributed by atoms with E-state index in [1.165, 1.54) is 0 Å². The SMILES string of the molecule is NC(=O)c1cccc2c1c1[c]cc(-c3ccco3)cc1n2Cc1cccnc1. The third kappa shape index (κ3) is 2.56. The van der Waals surface area contributed by atoms with Crippen molar-refractivity contribution in [1.82, 2.24) is 9.55 Å². The lowest BCUT2D eigenvalue weighted by atomic mass is 10.0. The van der Waals surface area contributed by atoms with Crippen LogP contribution in [-0.4, -0.2) is 15.5 Å². The Labute approximate surface area is 161 Å². The Kier molecular flexibility index (Phi) is 3.72. The minimum absolute atomic E-state index is 0.450.